The van der Waals surface area contributed by atoms with E-state index in [-0.39, 0.29) is 0 Å². The van der Waals surface area contributed by atoms with Crippen molar-refractivity contribution in [2.75, 3.05) is 0 Å². The molecule has 3 N–H and O–H groups in total. The van der Waals surface area contributed by atoms with Crippen molar-refractivity contribution in [3.63, 3.8) is 0 Å². The van der Waals surface area contributed by atoms with Crippen LogP contribution in [0.25, 0.3) is 0 Å². The maximum absolute atomic E-state index is 5.82. The van der Waals surface area contributed by atoms with Crippen LogP contribution in [0.2, 0.25) is 0 Å². The SMILES string of the molecule is CCc1cc(CC(NN)C2C3CCCC32)n(CC)n1. The lowest BCUT2D eigenvalue weighted by atomic mass is 10.00. The Kier molecular flexibility index (Phi) is 3.63. The molecule has 0 spiro atoms. The minimum atomic E-state index is 0.432. The summed E-state index contributed by atoms with van der Waals surface area (Å²) in [6.07, 6.45) is 6.29. The third-order valence-electron chi connectivity index (χ3n) is 5.16. The fourth-order valence-electron chi connectivity index (χ4n) is 4.13. The van der Waals surface area contributed by atoms with Gasteiger partial charge in [-0.2, -0.15) is 5.10 Å². The summed E-state index contributed by atoms with van der Waals surface area (Å²) in [5.41, 5.74) is 5.62. The number of rotatable bonds is 6. The topological polar surface area (TPSA) is 55.9 Å². The molecule has 0 bridgehead atoms. The van der Waals surface area contributed by atoms with Crippen LogP contribution in [0.15, 0.2) is 6.07 Å². The molecule has 3 rings (SSSR count). The summed E-state index contributed by atoms with van der Waals surface area (Å²) in [5, 5.41) is 4.63. The van der Waals surface area contributed by atoms with Gasteiger partial charge in [-0.05, 0) is 50.0 Å². The van der Waals surface area contributed by atoms with Crippen LogP contribution in [0.4, 0.5) is 0 Å². The van der Waals surface area contributed by atoms with Gasteiger partial charge in [0.2, 0.25) is 0 Å². The molecule has 1 aromatic rings. The predicted molar refractivity (Wildman–Crippen MR) is 76.4 cm³/mol. The van der Waals surface area contributed by atoms with Gasteiger partial charge in [0.15, 0.2) is 0 Å². The van der Waals surface area contributed by atoms with E-state index in [2.05, 4.69) is 35.1 Å². The Bertz CT molecular complexity index is 429. The molecule has 19 heavy (non-hydrogen) atoms. The Morgan fingerprint density at radius 1 is 1.42 bits per heavy atom. The van der Waals surface area contributed by atoms with Gasteiger partial charge in [0.05, 0.1) is 5.69 Å². The standard InChI is InChI=1S/C15H26N4/c1-3-10-8-11(19(4-2)18-10)9-14(17-16)15-12-6-5-7-13(12)15/h8,12-15,17H,3-7,9,16H2,1-2H3. The number of aromatic nitrogens is 2. The summed E-state index contributed by atoms with van der Waals surface area (Å²) in [6, 6.07) is 2.69. The molecule has 2 aliphatic carbocycles. The van der Waals surface area contributed by atoms with Gasteiger partial charge in [-0.3, -0.25) is 16.0 Å². The van der Waals surface area contributed by atoms with Gasteiger partial charge in [-0.1, -0.05) is 13.3 Å². The molecule has 3 unspecified atom stereocenters. The number of hydrogen-bond acceptors (Lipinski definition) is 3. The van der Waals surface area contributed by atoms with Crippen molar-refractivity contribution in [2.45, 2.75) is 58.5 Å². The lowest BCUT2D eigenvalue weighted by molar-refractivity contribution is 0.400. The third-order valence-corrected chi connectivity index (χ3v) is 5.16. The van der Waals surface area contributed by atoms with Crippen molar-refractivity contribution < 1.29 is 0 Å². The number of hydrazine groups is 1. The number of nitrogens with two attached hydrogens (primary N) is 1. The molecule has 0 amide bonds. The number of aryl methyl sites for hydroxylation is 2. The second-order valence-electron chi connectivity index (χ2n) is 6.11. The summed E-state index contributed by atoms with van der Waals surface area (Å²) in [5.74, 6) is 8.52. The van der Waals surface area contributed by atoms with Crippen molar-refractivity contribution in [3.05, 3.63) is 17.5 Å². The summed E-state index contributed by atoms with van der Waals surface area (Å²) in [4.78, 5) is 0. The Labute approximate surface area is 115 Å². The van der Waals surface area contributed by atoms with Crippen LogP contribution in [0.5, 0.6) is 0 Å². The van der Waals surface area contributed by atoms with E-state index in [0.717, 1.165) is 37.1 Å². The average molecular weight is 262 g/mol. The lowest BCUT2D eigenvalue weighted by Gasteiger charge is -2.18. The lowest BCUT2D eigenvalue weighted by Crippen LogP contribution is -2.40. The van der Waals surface area contributed by atoms with E-state index in [4.69, 9.17) is 5.84 Å². The quantitative estimate of drug-likeness (QED) is 0.608. The monoisotopic (exact) mass is 262 g/mol. The van der Waals surface area contributed by atoms with Gasteiger partial charge in [-0.25, -0.2) is 0 Å². The molecule has 1 aromatic heterocycles. The highest BCUT2D eigenvalue weighted by atomic mass is 15.3. The number of fused-ring (bicyclic) bond motifs is 1. The molecule has 0 aromatic carbocycles. The highest BCUT2D eigenvalue weighted by Crippen LogP contribution is 2.59. The Morgan fingerprint density at radius 2 is 2.16 bits per heavy atom. The first-order valence-electron chi connectivity index (χ1n) is 7.80. The van der Waals surface area contributed by atoms with Crippen molar-refractivity contribution >= 4 is 0 Å². The highest BCUT2D eigenvalue weighted by molar-refractivity contribution is 5.15. The van der Waals surface area contributed by atoms with Gasteiger partial charge in [0, 0.05) is 24.7 Å². The Hall–Kier alpha value is -0.870. The first-order chi connectivity index (χ1) is 9.28. The number of hydrogen-bond donors (Lipinski definition) is 2. The normalized spacial score (nSPS) is 30.4. The molecule has 0 aliphatic heterocycles. The molecule has 2 aliphatic rings. The van der Waals surface area contributed by atoms with Crippen LogP contribution < -0.4 is 11.3 Å². The fourth-order valence-corrected chi connectivity index (χ4v) is 4.13. The van der Waals surface area contributed by atoms with E-state index in [1.807, 2.05) is 0 Å². The fraction of sp³-hybridized carbons (Fsp3) is 0.800. The summed E-state index contributed by atoms with van der Waals surface area (Å²) in [6.45, 7) is 5.27. The molecule has 4 heteroatoms. The summed E-state index contributed by atoms with van der Waals surface area (Å²) >= 11 is 0. The van der Waals surface area contributed by atoms with Crippen molar-refractivity contribution in [3.8, 4) is 0 Å². The first-order valence-corrected chi connectivity index (χ1v) is 7.80. The second-order valence-corrected chi connectivity index (χ2v) is 6.11. The predicted octanol–water partition coefficient (Wildman–Crippen LogP) is 1.89. The van der Waals surface area contributed by atoms with Crippen LogP contribution >= 0.6 is 0 Å². The number of nitrogens with zero attached hydrogens (tertiary/aromatic N) is 2. The zero-order valence-corrected chi connectivity index (χ0v) is 12.1. The maximum atomic E-state index is 5.82. The minimum Gasteiger partial charge on any atom is -0.271 e. The van der Waals surface area contributed by atoms with Gasteiger partial charge in [-0.15, -0.1) is 0 Å². The maximum Gasteiger partial charge on any atom is 0.0624 e. The van der Waals surface area contributed by atoms with E-state index >= 15 is 0 Å². The molecule has 3 atom stereocenters. The zero-order chi connectivity index (χ0) is 13.4. The Balaban J connectivity index is 1.70. The van der Waals surface area contributed by atoms with Crippen LogP contribution in [-0.4, -0.2) is 15.8 Å². The van der Waals surface area contributed by atoms with E-state index in [1.165, 1.54) is 30.7 Å². The minimum absolute atomic E-state index is 0.432. The van der Waals surface area contributed by atoms with E-state index in [1.54, 1.807) is 0 Å². The first kappa shape index (κ1) is 13.1. The van der Waals surface area contributed by atoms with Crippen molar-refractivity contribution in [2.24, 2.45) is 23.6 Å². The van der Waals surface area contributed by atoms with Gasteiger partial charge < -0.3 is 0 Å². The summed E-state index contributed by atoms with van der Waals surface area (Å²) < 4.78 is 2.14. The molecular weight excluding hydrogens is 236 g/mol. The molecule has 1 heterocycles. The summed E-state index contributed by atoms with van der Waals surface area (Å²) in [7, 11) is 0. The van der Waals surface area contributed by atoms with E-state index < -0.39 is 0 Å². The smallest absolute Gasteiger partial charge is 0.0624 e. The molecule has 0 saturated heterocycles. The second kappa shape index (κ2) is 5.25. The molecule has 2 saturated carbocycles. The highest BCUT2D eigenvalue weighted by Gasteiger charge is 2.55. The van der Waals surface area contributed by atoms with Crippen LogP contribution in [0.1, 0.15) is 44.5 Å². The molecule has 2 fully saturated rings. The number of nitrogens with one attached hydrogen (secondary N) is 1. The van der Waals surface area contributed by atoms with Crippen LogP contribution in [0.3, 0.4) is 0 Å². The van der Waals surface area contributed by atoms with Crippen molar-refractivity contribution in [1.82, 2.24) is 15.2 Å². The van der Waals surface area contributed by atoms with E-state index in [9.17, 15) is 0 Å². The zero-order valence-electron chi connectivity index (χ0n) is 12.1. The third kappa shape index (κ3) is 2.32. The van der Waals surface area contributed by atoms with Gasteiger partial charge >= 0.3 is 0 Å². The molecule has 4 nitrogen and oxygen atoms in total. The average Bonchev–Trinajstić information content (AvgIpc) is 2.84. The van der Waals surface area contributed by atoms with Gasteiger partial charge in [0.25, 0.3) is 0 Å². The van der Waals surface area contributed by atoms with Crippen LogP contribution in [-0.2, 0) is 19.4 Å². The molecule has 0 radical (unpaired) electrons. The van der Waals surface area contributed by atoms with Crippen molar-refractivity contribution in [1.29, 1.82) is 0 Å². The molecule has 106 valence electrons. The molecular formula is C15H26N4. The van der Waals surface area contributed by atoms with Gasteiger partial charge in [0.1, 0.15) is 0 Å². The van der Waals surface area contributed by atoms with Crippen LogP contribution in [0, 0.1) is 17.8 Å². The van der Waals surface area contributed by atoms with E-state index in [0.29, 0.717) is 6.04 Å². The largest absolute Gasteiger partial charge is 0.271 e. The Morgan fingerprint density at radius 3 is 2.74 bits per heavy atom.